The van der Waals surface area contributed by atoms with Gasteiger partial charge < -0.3 is 10.8 Å². The third-order valence-corrected chi connectivity index (χ3v) is 4.84. The van der Waals surface area contributed by atoms with Gasteiger partial charge in [0.25, 0.3) is 0 Å². The topological polar surface area (TPSA) is 76.2 Å². The maximum Gasteiger partial charge on any atom is 0.338 e. The van der Waals surface area contributed by atoms with Crippen LogP contribution in [0.5, 0.6) is 0 Å². The molecule has 2 aromatic carbocycles. The Hall–Kier alpha value is -3.54. The van der Waals surface area contributed by atoms with E-state index in [2.05, 4.69) is 4.98 Å². The molecule has 1 aliphatic carbocycles. The number of nitrogens with two attached hydrogens (primary N) is 1. The number of para-hydroxylation sites is 1. The number of carbonyl (C=O) groups is 1. The lowest BCUT2D eigenvalue weighted by Crippen LogP contribution is -2.25. The van der Waals surface area contributed by atoms with Crippen LogP contribution in [0.25, 0.3) is 16.5 Å². The highest BCUT2D eigenvalue weighted by atomic mass is 19.1. The Morgan fingerprint density at radius 3 is 2.46 bits per heavy atom. The molecule has 0 amide bonds. The maximum absolute atomic E-state index is 15.8. The molecule has 0 bridgehead atoms. The van der Waals surface area contributed by atoms with Gasteiger partial charge in [0.05, 0.1) is 16.8 Å². The van der Waals surface area contributed by atoms with E-state index in [4.69, 9.17) is 5.73 Å². The fourth-order valence-corrected chi connectivity index (χ4v) is 3.49. The number of hydrogen-bond donors (Lipinski definition) is 2. The molecule has 3 N–H and O–H groups in total. The molecule has 0 saturated carbocycles. The van der Waals surface area contributed by atoms with Crippen LogP contribution in [0.4, 0.5) is 14.5 Å². The van der Waals surface area contributed by atoms with Crippen molar-refractivity contribution in [1.82, 2.24) is 4.98 Å². The minimum atomic E-state index is -2.35. The summed E-state index contributed by atoms with van der Waals surface area (Å²) < 4.78 is 30.6. The third-order valence-electron chi connectivity index (χ3n) is 4.84. The molecule has 0 aliphatic heterocycles. The number of anilines is 1. The van der Waals surface area contributed by atoms with Crippen LogP contribution in [0.2, 0.25) is 0 Å². The number of rotatable bonds is 3. The van der Waals surface area contributed by atoms with Crippen molar-refractivity contribution < 1.29 is 18.7 Å². The van der Waals surface area contributed by atoms with Crippen molar-refractivity contribution in [2.24, 2.45) is 0 Å². The number of fused-ring (bicyclic) bond motifs is 1. The highest BCUT2D eigenvalue weighted by molar-refractivity contribution is 6.07. The van der Waals surface area contributed by atoms with Gasteiger partial charge in [0.15, 0.2) is 5.67 Å². The molecule has 28 heavy (non-hydrogen) atoms. The van der Waals surface area contributed by atoms with Gasteiger partial charge in [-0.3, -0.25) is 0 Å². The van der Waals surface area contributed by atoms with Crippen LogP contribution in [0, 0.1) is 0 Å². The number of allylic oxidation sites excluding steroid dienone is 4. The van der Waals surface area contributed by atoms with Crippen LogP contribution in [0.1, 0.15) is 28.0 Å². The normalized spacial score (nSPS) is 19.2. The molecule has 1 unspecified atom stereocenters. The number of nitrogen functional groups attached to an aromatic ring is 1. The minimum absolute atomic E-state index is 0.232. The fourth-order valence-electron chi connectivity index (χ4n) is 3.49. The molecular weight excluding hydrogens is 362 g/mol. The lowest BCUT2D eigenvalue weighted by atomic mass is 9.85. The first-order valence-corrected chi connectivity index (χ1v) is 8.65. The lowest BCUT2D eigenvalue weighted by molar-refractivity contribution is 0.0700. The molecular formula is C22H16F2N2O2. The van der Waals surface area contributed by atoms with Crippen molar-refractivity contribution in [2.75, 3.05) is 5.73 Å². The second kappa shape index (κ2) is 6.56. The number of nitrogens with zero attached hydrogens (tertiary/aromatic N) is 1. The van der Waals surface area contributed by atoms with Gasteiger partial charge in [0, 0.05) is 17.4 Å². The van der Waals surface area contributed by atoms with Crippen LogP contribution >= 0.6 is 0 Å². The summed E-state index contributed by atoms with van der Waals surface area (Å²) in [6, 6.07) is 15.2. The number of carboxylic acids is 1. The largest absolute Gasteiger partial charge is 0.478 e. The summed E-state index contributed by atoms with van der Waals surface area (Å²) in [5, 5.41) is 9.89. The van der Waals surface area contributed by atoms with Crippen molar-refractivity contribution >= 4 is 28.1 Å². The lowest BCUT2D eigenvalue weighted by Gasteiger charge is -2.27. The smallest absolute Gasteiger partial charge is 0.338 e. The molecule has 0 fully saturated rings. The van der Waals surface area contributed by atoms with E-state index < -0.39 is 23.9 Å². The summed E-state index contributed by atoms with van der Waals surface area (Å²) in [5.74, 6) is -1.94. The van der Waals surface area contributed by atoms with E-state index >= 15 is 4.39 Å². The first-order chi connectivity index (χ1) is 13.4. The number of aromatic nitrogens is 1. The molecule has 4 rings (SSSR count). The average molecular weight is 378 g/mol. The zero-order valence-electron chi connectivity index (χ0n) is 14.7. The Morgan fingerprint density at radius 2 is 1.79 bits per heavy atom. The summed E-state index contributed by atoms with van der Waals surface area (Å²) in [5.41, 5.74) is 4.03. The zero-order chi connectivity index (χ0) is 19.9. The molecule has 3 aromatic rings. The molecule has 1 aromatic heterocycles. The van der Waals surface area contributed by atoms with E-state index in [0.717, 1.165) is 0 Å². The number of carboxylic acid groups (broad SMARTS) is 1. The van der Waals surface area contributed by atoms with Gasteiger partial charge in [0.2, 0.25) is 0 Å². The predicted octanol–water partition coefficient (Wildman–Crippen LogP) is 5.02. The molecule has 140 valence electrons. The standard InChI is InChI=1S/C22H16F2N2O2/c23-16-12-22(24,11-10-14(16)13-6-2-1-3-7-13)20-19(25)18(21(27)28)15-8-4-5-9-17(15)26-20/h1-11H,12,25H2,(H,27,28). The van der Waals surface area contributed by atoms with Crippen LogP contribution in [0.3, 0.4) is 0 Å². The highest BCUT2D eigenvalue weighted by Gasteiger charge is 2.39. The van der Waals surface area contributed by atoms with Crippen LogP contribution in [0.15, 0.2) is 72.6 Å². The van der Waals surface area contributed by atoms with Crippen molar-refractivity contribution in [2.45, 2.75) is 12.1 Å². The summed E-state index contributed by atoms with van der Waals surface area (Å²) in [6.07, 6.45) is 1.94. The molecule has 0 radical (unpaired) electrons. The second-order valence-corrected chi connectivity index (χ2v) is 6.63. The quantitative estimate of drug-likeness (QED) is 0.671. The fraction of sp³-hybridized carbons (Fsp3) is 0.0909. The van der Waals surface area contributed by atoms with E-state index in [-0.39, 0.29) is 28.0 Å². The highest BCUT2D eigenvalue weighted by Crippen LogP contribution is 2.44. The van der Waals surface area contributed by atoms with Crippen molar-refractivity contribution in [1.29, 1.82) is 0 Å². The second-order valence-electron chi connectivity index (χ2n) is 6.63. The Morgan fingerprint density at radius 1 is 1.11 bits per heavy atom. The molecule has 4 nitrogen and oxygen atoms in total. The number of pyridine rings is 1. The van der Waals surface area contributed by atoms with E-state index in [0.29, 0.717) is 10.9 Å². The predicted molar refractivity (Wildman–Crippen MR) is 104 cm³/mol. The van der Waals surface area contributed by atoms with Gasteiger partial charge in [-0.15, -0.1) is 0 Å². The maximum atomic E-state index is 15.8. The van der Waals surface area contributed by atoms with Gasteiger partial charge in [-0.25, -0.2) is 18.6 Å². The number of alkyl halides is 1. The van der Waals surface area contributed by atoms with Crippen molar-refractivity contribution in [3.05, 3.63) is 89.4 Å². The molecule has 6 heteroatoms. The van der Waals surface area contributed by atoms with Gasteiger partial charge in [0.1, 0.15) is 11.5 Å². The van der Waals surface area contributed by atoms with Gasteiger partial charge in [-0.1, -0.05) is 54.6 Å². The number of benzene rings is 2. The Labute approximate surface area is 159 Å². The van der Waals surface area contributed by atoms with Gasteiger partial charge >= 0.3 is 5.97 Å². The number of hydrogen-bond acceptors (Lipinski definition) is 3. The minimum Gasteiger partial charge on any atom is -0.478 e. The van der Waals surface area contributed by atoms with Crippen LogP contribution < -0.4 is 5.73 Å². The summed E-state index contributed by atoms with van der Waals surface area (Å²) in [6.45, 7) is 0. The summed E-state index contributed by atoms with van der Waals surface area (Å²) in [4.78, 5) is 16.0. The Balaban J connectivity index is 1.85. The molecule has 1 heterocycles. The molecule has 0 saturated heterocycles. The van der Waals surface area contributed by atoms with E-state index in [1.165, 1.54) is 12.2 Å². The van der Waals surface area contributed by atoms with Crippen LogP contribution in [-0.2, 0) is 5.67 Å². The van der Waals surface area contributed by atoms with E-state index in [9.17, 15) is 14.3 Å². The SMILES string of the molecule is Nc1c(C2(F)C=CC(c3ccccc3)=C(F)C2)nc2ccccc2c1C(=O)O. The number of aromatic carboxylic acids is 1. The molecule has 1 aliphatic rings. The first-order valence-electron chi connectivity index (χ1n) is 8.65. The average Bonchev–Trinajstić information content (AvgIpc) is 2.67. The van der Waals surface area contributed by atoms with Crippen molar-refractivity contribution in [3.63, 3.8) is 0 Å². The molecule has 1 atom stereocenters. The van der Waals surface area contributed by atoms with Gasteiger partial charge in [-0.05, 0) is 17.7 Å². The third kappa shape index (κ3) is 2.83. The monoisotopic (exact) mass is 378 g/mol. The Kier molecular flexibility index (Phi) is 4.19. The van der Waals surface area contributed by atoms with Crippen molar-refractivity contribution in [3.8, 4) is 0 Å². The first kappa shape index (κ1) is 17.9. The zero-order valence-corrected chi connectivity index (χ0v) is 14.7. The summed E-state index contributed by atoms with van der Waals surface area (Å²) >= 11 is 0. The van der Waals surface area contributed by atoms with E-state index in [1.807, 2.05) is 0 Å². The number of halogens is 2. The summed E-state index contributed by atoms with van der Waals surface area (Å²) in [7, 11) is 0. The Bertz CT molecular complexity index is 1160. The van der Waals surface area contributed by atoms with Gasteiger partial charge in [-0.2, -0.15) is 0 Å². The molecule has 0 spiro atoms. The van der Waals surface area contributed by atoms with E-state index in [1.54, 1.807) is 54.6 Å². The van der Waals surface area contributed by atoms with Crippen LogP contribution in [-0.4, -0.2) is 16.1 Å².